The number of amides is 1. The number of fused-ring (bicyclic) bond motifs is 2. The maximum Gasteiger partial charge on any atom is 0.410 e. The highest BCUT2D eigenvalue weighted by molar-refractivity contribution is 5.77. The zero-order valence-corrected chi connectivity index (χ0v) is 15.7. The van der Waals surface area contributed by atoms with E-state index in [0.717, 1.165) is 42.3 Å². The summed E-state index contributed by atoms with van der Waals surface area (Å²) in [6, 6.07) is 4.01. The summed E-state index contributed by atoms with van der Waals surface area (Å²) in [7, 11) is 0. The van der Waals surface area contributed by atoms with Gasteiger partial charge < -0.3 is 29.7 Å². The second kappa shape index (κ2) is 6.14. The van der Waals surface area contributed by atoms with Crippen molar-refractivity contribution in [2.24, 2.45) is 0 Å². The molecule has 1 amide bonds. The van der Waals surface area contributed by atoms with Gasteiger partial charge in [-0.15, -0.1) is 0 Å². The summed E-state index contributed by atoms with van der Waals surface area (Å²) in [5.74, 6) is 1.58. The fourth-order valence-corrected chi connectivity index (χ4v) is 3.68. The first-order chi connectivity index (χ1) is 12.3. The topological polar surface area (TPSA) is 72.1 Å². The van der Waals surface area contributed by atoms with Crippen molar-refractivity contribution in [2.45, 2.75) is 44.8 Å². The normalized spacial score (nSPS) is 20.7. The Morgan fingerprint density at radius 2 is 1.73 bits per heavy atom. The summed E-state index contributed by atoms with van der Waals surface area (Å²) in [5.41, 5.74) is 1.55. The predicted octanol–water partition coefficient (Wildman–Crippen LogP) is 3.06. The van der Waals surface area contributed by atoms with E-state index in [-0.39, 0.29) is 11.6 Å². The van der Waals surface area contributed by atoms with Crippen LogP contribution in [0, 0.1) is 0 Å². The van der Waals surface area contributed by atoms with Crippen molar-refractivity contribution in [3.63, 3.8) is 0 Å². The summed E-state index contributed by atoms with van der Waals surface area (Å²) in [6.07, 6.45) is 1.51. The van der Waals surface area contributed by atoms with Crippen molar-refractivity contribution in [3.8, 4) is 11.5 Å². The molecule has 0 atom stereocenters. The maximum atomic E-state index is 12.3. The van der Waals surface area contributed by atoms with Crippen molar-refractivity contribution < 1.29 is 19.0 Å². The van der Waals surface area contributed by atoms with Gasteiger partial charge in [0.25, 0.3) is 0 Å². The standard InChI is InChI=1S/C19H27N3O4/c1-18(2,3)26-17(23)22-6-4-19(5-7-22)12-20-13-10-15-16(11-14(13)21-19)25-9-8-24-15/h10-11,20-21H,4-9,12H2,1-3H3. The van der Waals surface area contributed by atoms with Crippen LogP contribution in [0.2, 0.25) is 0 Å². The summed E-state index contributed by atoms with van der Waals surface area (Å²) in [6.45, 7) is 9.04. The summed E-state index contributed by atoms with van der Waals surface area (Å²) >= 11 is 0. The highest BCUT2D eigenvalue weighted by atomic mass is 16.6. The Kier molecular flexibility index (Phi) is 4.04. The number of nitrogens with one attached hydrogen (secondary N) is 2. The lowest BCUT2D eigenvalue weighted by Crippen LogP contribution is -2.56. The maximum absolute atomic E-state index is 12.3. The van der Waals surface area contributed by atoms with E-state index in [0.29, 0.717) is 26.3 Å². The Bertz CT molecular complexity index is 705. The lowest BCUT2D eigenvalue weighted by molar-refractivity contribution is 0.0181. The molecule has 1 saturated heterocycles. The van der Waals surface area contributed by atoms with Crippen LogP contribution >= 0.6 is 0 Å². The van der Waals surface area contributed by atoms with E-state index < -0.39 is 5.60 Å². The van der Waals surface area contributed by atoms with Crippen LogP contribution in [0.15, 0.2) is 12.1 Å². The molecule has 1 aromatic rings. The molecular formula is C19H27N3O4. The Morgan fingerprint density at radius 3 is 2.35 bits per heavy atom. The van der Waals surface area contributed by atoms with Crippen LogP contribution in [0.4, 0.5) is 16.2 Å². The zero-order valence-electron chi connectivity index (χ0n) is 15.7. The predicted molar refractivity (Wildman–Crippen MR) is 99.3 cm³/mol. The third kappa shape index (κ3) is 3.34. The van der Waals surface area contributed by atoms with Gasteiger partial charge in [-0.05, 0) is 33.6 Å². The van der Waals surface area contributed by atoms with Gasteiger partial charge in [-0.3, -0.25) is 0 Å². The Hall–Kier alpha value is -2.31. The Labute approximate surface area is 154 Å². The number of likely N-dealkylation sites (tertiary alicyclic amines) is 1. The number of ether oxygens (including phenoxy) is 3. The van der Waals surface area contributed by atoms with Crippen LogP contribution in [0.25, 0.3) is 0 Å². The number of rotatable bonds is 0. The molecule has 0 unspecified atom stereocenters. The molecule has 0 aliphatic carbocycles. The lowest BCUT2D eigenvalue weighted by Gasteiger charge is -2.46. The smallest absolute Gasteiger partial charge is 0.410 e. The van der Waals surface area contributed by atoms with E-state index in [1.54, 1.807) is 4.90 Å². The first-order valence-electron chi connectivity index (χ1n) is 9.27. The van der Waals surface area contributed by atoms with E-state index in [4.69, 9.17) is 14.2 Å². The minimum Gasteiger partial charge on any atom is -0.486 e. The molecule has 1 aromatic carbocycles. The molecule has 26 heavy (non-hydrogen) atoms. The minimum absolute atomic E-state index is 0.0602. The molecule has 0 bridgehead atoms. The van der Waals surface area contributed by atoms with Crippen LogP contribution in [0.3, 0.4) is 0 Å². The zero-order chi connectivity index (χ0) is 18.4. The molecule has 7 nitrogen and oxygen atoms in total. The molecular weight excluding hydrogens is 334 g/mol. The van der Waals surface area contributed by atoms with Gasteiger partial charge in [-0.2, -0.15) is 0 Å². The average Bonchev–Trinajstić information content (AvgIpc) is 2.59. The van der Waals surface area contributed by atoms with Crippen LogP contribution in [0.1, 0.15) is 33.6 Å². The minimum atomic E-state index is -0.461. The molecule has 2 N–H and O–H groups in total. The van der Waals surface area contributed by atoms with Gasteiger partial charge in [0.1, 0.15) is 18.8 Å². The number of anilines is 2. The quantitative estimate of drug-likeness (QED) is 0.740. The third-order valence-corrected chi connectivity index (χ3v) is 5.07. The number of hydrogen-bond acceptors (Lipinski definition) is 6. The van der Waals surface area contributed by atoms with Crippen molar-refractivity contribution >= 4 is 17.5 Å². The second-order valence-corrected chi connectivity index (χ2v) is 8.27. The number of benzene rings is 1. The first-order valence-corrected chi connectivity index (χ1v) is 9.27. The Balaban J connectivity index is 1.43. The molecule has 0 saturated carbocycles. The molecule has 1 spiro atoms. The fourth-order valence-electron chi connectivity index (χ4n) is 3.68. The lowest BCUT2D eigenvalue weighted by atomic mass is 9.85. The van der Waals surface area contributed by atoms with Crippen molar-refractivity contribution in [2.75, 3.05) is 43.5 Å². The van der Waals surface area contributed by atoms with Crippen LogP contribution < -0.4 is 20.1 Å². The van der Waals surface area contributed by atoms with E-state index >= 15 is 0 Å². The number of nitrogens with zero attached hydrogens (tertiary/aromatic N) is 1. The van der Waals surface area contributed by atoms with Gasteiger partial charge in [-0.1, -0.05) is 0 Å². The first kappa shape index (κ1) is 17.1. The third-order valence-electron chi connectivity index (χ3n) is 5.07. The molecule has 142 valence electrons. The largest absolute Gasteiger partial charge is 0.486 e. The van der Waals surface area contributed by atoms with Gasteiger partial charge >= 0.3 is 6.09 Å². The fraction of sp³-hybridized carbons (Fsp3) is 0.632. The number of piperidine rings is 1. The van der Waals surface area contributed by atoms with Crippen LogP contribution in [-0.2, 0) is 4.74 Å². The SMILES string of the molecule is CC(C)(C)OC(=O)N1CCC2(CC1)CNc1cc3c(cc1N2)OCCO3. The van der Waals surface area contributed by atoms with Gasteiger partial charge in [-0.25, -0.2) is 4.79 Å². The summed E-state index contributed by atoms with van der Waals surface area (Å²) in [4.78, 5) is 14.1. The van der Waals surface area contributed by atoms with Crippen LogP contribution in [-0.4, -0.2) is 55.0 Å². The van der Waals surface area contributed by atoms with Crippen molar-refractivity contribution in [1.29, 1.82) is 0 Å². The molecule has 0 aromatic heterocycles. The van der Waals surface area contributed by atoms with E-state index in [9.17, 15) is 4.79 Å². The Morgan fingerprint density at radius 1 is 1.12 bits per heavy atom. The van der Waals surface area contributed by atoms with Crippen molar-refractivity contribution in [1.82, 2.24) is 4.90 Å². The number of hydrogen-bond donors (Lipinski definition) is 2. The van der Waals surface area contributed by atoms with E-state index in [1.165, 1.54) is 0 Å². The molecule has 1 fully saturated rings. The van der Waals surface area contributed by atoms with Crippen molar-refractivity contribution in [3.05, 3.63) is 12.1 Å². The molecule has 3 aliphatic heterocycles. The second-order valence-electron chi connectivity index (χ2n) is 8.27. The number of carbonyl (C=O) groups excluding carboxylic acids is 1. The van der Waals surface area contributed by atoms with E-state index in [2.05, 4.69) is 10.6 Å². The molecule has 3 heterocycles. The summed E-state index contributed by atoms with van der Waals surface area (Å²) < 4.78 is 16.8. The molecule has 7 heteroatoms. The van der Waals surface area contributed by atoms with Crippen LogP contribution in [0.5, 0.6) is 11.5 Å². The highest BCUT2D eigenvalue weighted by Gasteiger charge is 2.39. The molecule has 0 radical (unpaired) electrons. The van der Waals surface area contributed by atoms with E-state index in [1.807, 2.05) is 32.9 Å². The van der Waals surface area contributed by atoms with Gasteiger partial charge in [0, 0.05) is 31.8 Å². The molecule has 4 rings (SSSR count). The average molecular weight is 361 g/mol. The molecule has 3 aliphatic rings. The summed E-state index contributed by atoms with van der Waals surface area (Å²) in [5, 5.41) is 7.22. The van der Waals surface area contributed by atoms with Gasteiger partial charge in [0.2, 0.25) is 0 Å². The van der Waals surface area contributed by atoms with Gasteiger partial charge in [0.15, 0.2) is 11.5 Å². The highest BCUT2D eigenvalue weighted by Crippen LogP contribution is 2.43. The van der Waals surface area contributed by atoms with Gasteiger partial charge in [0.05, 0.1) is 16.9 Å². The monoisotopic (exact) mass is 361 g/mol. The number of carbonyl (C=O) groups is 1.